The van der Waals surface area contributed by atoms with E-state index in [1.165, 1.54) is 12.8 Å². The Balaban J connectivity index is 1.81. The van der Waals surface area contributed by atoms with Crippen LogP contribution in [-0.2, 0) is 0 Å². The topological polar surface area (TPSA) is 43.4 Å². The highest BCUT2D eigenvalue weighted by Gasteiger charge is 2.31. The van der Waals surface area contributed by atoms with Crippen LogP contribution in [0.25, 0.3) is 11.1 Å². The van der Waals surface area contributed by atoms with E-state index in [2.05, 4.69) is 15.9 Å². The lowest BCUT2D eigenvalue weighted by Gasteiger charge is -2.19. The number of ketones is 2. The van der Waals surface area contributed by atoms with Crippen LogP contribution in [0.2, 0.25) is 0 Å². The lowest BCUT2D eigenvalue weighted by molar-refractivity contribution is 0.0815. The molecule has 0 heterocycles. The van der Waals surface area contributed by atoms with Crippen molar-refractivity contribution in [2.75, 3.05) is 6.61 Å². The van der Waals surface area contributed by atoms with Crippen LogP contribution < -0.4 is 4.74 Å². The largest absolute Gasteiger partial charge is 0.493 e. The Morgan fingerprint density at radius 1 is 0.909 bits per heavy atom. The summed E-state index contributed by atoms with van der Waals surface area (Å²) >= 11 is 3.43. The highest BCUT2D eigenvalue weighted by Crippen LogP contribution is 2.38. The Kier molecular flexibility index (Phi) is 3.15. The molecule has 0 atom stereocenters. The molecule has 3 nitrogen and oxygen atoms in total. The van der Waals surface area contributed by atoms with Crippen molar-refractivity contribution in [1.82, 2.24) is 0 Å². The Labute approximate surface area is 136 Å². The maximum atomic E-state index is 12.2. The number of carbonyl (C=O) groups is 2. The molecule has 0 aromatic heterocycles. The number of hydrogen-bond donors (Lipinski definition) is 0. The van der Waals surface area contributed by atoms with E-state index in [-0.39, 0.29) is 0 Å². The number of carbonyl (C=O) groups excluding carboxylic acids is 2. The van der Waals surface area contributed by atoms with Gasteiger partial charge in [0.25, 0.3) is 0 Å². The molecule has 2 aliphatic carbocycles. The first kappa shape index (κ1) is 13.7. The van der Waals surface area contributed by atoms with Crippen LogP contribution in [0.3, 0.4) is 0 Å². The quantitative estimate of drug-likeness (QED) is 0.770. The maximum absolute atomic E-state index is 12.2. The monoisotopic (exact) mass is 356 g/mol. The average Bonchev–Trinajstić information content (AvgIpc) is 3.34. The number of rotatable bonds is 3. The minimum atomic E-state index is -0.446. The van der Waals surface area contributed by atoms with Crippen LogP contribution in [0.5, 0.6) is 5.75 Å². The van der Waals surface area contributed by atoms with Crippen molar-refractivity contribution >= 4 is 27.5 Å². The Morgan fingerprint density at radius 2 is 1.55 bits per heavy atom. The minimum Gasteiger partial charge on any atom is -0.493 e. The molecule has 0 bridgehead atoms. The molecule has 4 rings (SSSR count). The molecule has 2 aliphatic rings. The summed E-state index contributed by atoms with van der Waals surface area (Å²) in [6.07, 6.45) is 2.46. The molecule has 1 saturated carbocycles. The lowest BCUT2D eigenvalue weighted by atomic mass is 9.84. The zero-order valence-electron chi connectivity index (χ0n) is 11.8. The van der Waals surface area contributed by atoms with Crippen molar-refractivity contribution < 1.29 is 14.3 Å². The van der Waals surface area contributed by atoms with Gasteiger partial charge in [-0.05, 0) is 66.3 Å². The van der Waals surface area contributed by atoms with E-state index in [4.69, 9.17) is 4.74 Å². The van der Waals surface area contributed by atoms with Gasteiger partial charge >= 0.3 is 0 Å². The van der Waals surface area contributed by atoms with Crippen molar-refractivity contribution in [3.05, 3.63) is 52.0 Å². The first-order valence-corrected chi connectivity index (χ1v) is 8.08. The molecule has 0 aliphatic heterocycles. The maximum Gasteiger partial charge on any atom is 0.234 e. The molecule has 1 fully saturated rings. The summed E-state index contributed by atoms with van der Waals surface area (Å²) in [5.74, 6) is 0.527. The van der Waals surface area contributed by atoms with Gasteiger partial charge in [-0.2, -0.15) is 0 Å². The molecule has 22 heavy (non-hydrogen) atoms. The van der Waals surface area contributed by atoms with E-state index in [9.17, 15) is 9.59 Å². The summed E-state index contributed by atoms with van der Waals surface area (Å²) in [4.78, 5) is 24.5. The molecule has 4 heteroatoms. The number of halogens is 1. The van der Waals surface area contributed by atoms with Gasteiger partial charge in [-0.15, -0.1) is 0 Å². The van der Waals surface area contributed by atoms with E-state index in [1.54, 1.807) is 24.3 Å². The second-order valence-electron chi connectivity index (χ2n) is 5.81. The van der Waals surface area contributed by atoms with Gasteiger partial charge in [0.05, 0.1) is 6.61 Å². The van der Waals surface area contributed by atoms with E-state index < -0.39 is 11.6 Å². The number of benzene rings is 2. The molecule has 0 amide bonds. The molecular weight excluding hydrogens is 344 g/mol. The van der Waals surface area contributed by atoms with Gasteiger partial charge in [0.15, 0.2) is 0 Å². The van der Waals surface area contributed by atoms with E-state index in [1.807, 2.05) is 12.1 Å². The van der Waals surface area contributed by atoms with Crippen molar-refractivity contribution in [2.24, 2.45) is 5.92 Å². The molecule has 2 aromatic rings. The average molecular weight is 357 g/mol. The smallest absolute Gasteiger partial charge is 0.234 e. The highest BCUT2D eigenvalue weighted by molar-refractivity contribution is 9.10. The van der Waals surface area contributed by atoms with Crippen molar-refractivity contribution in [2.45, 2.75) is 12.8 Å². The molecule has 110 valence electrons. The first-order chi connectivity index (χ1) is 10.6. The third kappa shape index (κ3) is 2.28. The Hall–Kier alpha value is -1.94. The van der Waals surface area contributed by atoms with Crippen LogP contribution in [0.4, 0.5) is 0 Å². The van der Waals surface area contributed by atoms with Crippen molar-refractivity contribution in [3.63, 3.8) is 0 Å². The fourth-order valence-electron chi connectivity index (χ4n) is 2.71. The van der Waals surface area contributed by atoms with Gasteiger partial charge in [-0.1, -0.05) is 15.9 Å². The van der Waals surface area contributed by atoms with Gasteiger partial charge in [-0.3, -0.25) is 9.59 Å². The van der Waals surface area contributed by atoms with Crippen molar-refractivity contribution in [1.29, 1.82) is 0 Å². The molecule has 0 saturated heterocycles. The molecule has 0 radical (unpaired) electrons. The number of Topliss-reactive ketones (excluding diaryl/α,β-unsaturated/α-hetero) is 2. The van der Waals surface area contributed by atoms with E-state index in [0.717, 1.165) is 28.0 Å². The summed E-state index contributed by atoms with van der Waals surface area (Å²) in [6.45, 7) is 0.719. The number of ether oxygens (including phenoxy) is 1. The van der Waals surface area contributed by atoms with Crippen molar-refractivity contribution in [3.8, 4) is 16.9 Å². The second-order valence-corrected chi connectivity index (χ2v) is 6.73. The predicted octanol–water partition coefficient (Wildman–Crippen LogP) is 4.28. The zero-order chi connectivity index (χ0) is 15.3. The third-order valence-electron chi connectivity index (χ3n) is 4.14. The zero-order valence-corrected chi connectivity index (χ0v) is 13.4. The van der Waals surface area contributed by atoms with E-state index in [0.29, 0.717) is 17.0 Å². The highest BCUT2D eigenvalue weighted by atomic mass is 79.9. The summed E-state index contributed by atoms with van der Waals surface area (Å²) in [6, 6.07) is 10.7. The number of hydrogen-bond acceptors (Lipinski definition) is 3. The SMILES string of the molecule is O=C1C(=O)c2ccc(OCC3CC3)cc2-c2cc(Br)ccc21. The number of fused-ring (bicyclic) bond motifs is 3. The molecular formula is C18H13BrO3. The van der Waals surface area contributed by atoms with Crippen LogP contribution in [0, 0.1) is 5.92 Å². The van der Waals surface area contributed by atoms with Gasteiger partial charge in [0.1, 0.15) is 5.75 Å². The molecule has 0 N–H and O–H groups in total. The van der Waals surface area contributed by atoms with Crippen LogP contribution >= 0.6 is 15.9 Å². The van der Waals surface area contributed by atoms with Gasteiger partial charge in [0.2, 0.25) is 11.6 Å². The van der Waals surface area contributed by atoms with Crippen LogP contribution in [0.1, 0.15) is 33.6 Å². The van der Waals surface area contributed by atoms with Crippen LogP contribution in [-0.4, -0.2) is 18.2 Å². The fraction of sp³-hybridized carbons (Fsp3) is 0.222. The van der Waals surface area contributed by atoms with Gasteiger partial charge < -0.3 is 4.74 Å². The predicted molar refractivity (Wildman–Crippen MR) is 86.5 cm³/mol. The molecule has 2 aromatic carbocycles. The summed E-state index contributed by atoms with van der Waals surface area (Å²) in [5, 5.41) is 0. The van der Waals surface area contributed by atoms with Gasteiger partial charge in [-0.25, -0.2) is 0 Å². The second kappa shape index (κ2) is 5.06. The summed E-state index contributed by atoms with van der Waals surface area (Å²) in [5.41, 5.74) is 2.47. The van der Waals surface area contributed by atoms with Gasteiger partial charge in [0, 0.05) is 15.6 Å². The van der Waals surface area contributed by atoms with E-state index >= 15 is 0 Å². The Bertz CT molecular complexity index is 806. The van der Waals surface area contributed by atoms with Crippen LogP contribution in [0.15, 0.2) is 40.9 Å². The summed E-state index contributed by atoms with van der Waals surface area (Å²) < 4.78 is 6.67. The minimum absolute atomic E-state index is 0.443. The molecule has 0 spiro atoms. The standard InChI is InChI=1S/C18H13BrO3/c19-11-3-5-13-15(7-11)16-8-12(22-9-10-1-2-10)4-6-14(16)18(21)17(13)20/h3-8,10H,1-2,9H2. The first-order valence-electron chi connectivity index (χ1n) is 7.29. The molecule has 0 unspecified atom stereocenters. The lowest BCUT2D eigenvalue weighted by Crippen LogP contribution is -2.21. The normalized spacial score (nSPS) is 16.2. The summed E-state index contributed by atoms with van der Waals surface area (Å²) in [7, 11) is 0. The third-order valence-corrected chi connectivity index (χ3v) is 4.63. The fourth-order valence-corrected chi connectivity index (χ4v) is 3.08. The Morgan fingerprint density at radius 3 is 2.23 bits per heavy atom.